The average Bonchev–Trinajstić information content (AvgIpc) is 3.13. The minimum absolute atomic E-state index is 0.199. The first-order chi connectivity index (χ1) is 13.6. The number of nitrogens with two attached hydrogens (primary N) is 1. The molecule has 0 radical (unpaired) electrons. The van der Waals surface area contributed by atoms with Crippen LogP contribution in [0.4, 0.5) is 15.8 Å². The number of imidazole rings is 1. The van der Waals surface area contributed by atoms with E-state index in [1.54, 1.807) is 0 Å². The van der Waals surface area contributed by atoms with Gasteiger partial charge < -0.3 is 25.3 Å². The first kappa shape index (κ1) is 16.8. The van der Waals surface area contributed by atoms with Crippen LogP contribution in [-0.2, 0) is 4.74 Å². The molecule has 28 heavy (non-hydrogen) atoms. The third-order valence-corrected chi connectivity index (χ3v) is 5.10. The molecular weight excluding hydrogens is 361 g/mol. The molecule has 1 fully saturated rings. The molecule has 1 aliphatic rings. The van der Waals surface area contributed by atoms with Crippen LogP contribution in [0.1, 0.15) is 0 Å². The lowest BCUT2D eigenvalue weighted by Crippen LogP contribution is -2.36. The van der Waals surface area contributed by atoms with E-state index in [4.69, 9.17) is 10.5 Å². The van der Waals surface area contributed by atoms with Crippen molar-refractivity contribution in [2.75, 3.05) is 36.9 Å². The second kappa shape index (κ2) is 6.35. The van der Waals surface area contributed by atoms with Crippen molar-refractivity contribution < 1.29 is 9.13 Å². The summed E-state index contributed by atoms with van der Waals surface area (Å²) in [5.41, 5.74) is 9.31. The van der Waals surface area contributed by atoms with Crippen molar-refractivity contribution in [1.29, 1.82) is 0 Å². The maximum absolute atomic E-state index is 13.7. The van der Waals surface area contributed by atoms with E-state index in [2.05, 4.69) is 19.9 Å². The van der Waals surface area contributed by atoms with Gasteiger partial charge in [-0.15, -0.1) is 0 Å². The summed E-state index contributed by atoms with van der Waals surface area (Å²) in [6.07, 6.45) is 0. The number of hydrogen-bond donors (Lipinski definition) is 3. The van der Waals surface area contributed by atoms with Crippen molar-refractivity contribution in [3.8, 4) is 11.4 Å². The Kier molecular flexibility index (Phi) is 3.80. The molecule has 5 rings (SSSR count). The van der Waals surface area contributed by atoms with Crippen molar-refractivity contribution in [1.82, 2.24) is 15.0 Å². The number of nitrogens with zero attached hydrogens (tertiary/aromatic N) is 2. The second-order valence-electron chi connectivity index (χ2n) is 6.79. The quantitative estimate of drug-likeness (QED) is 0.497. The highest BCUT2D eigenvalue weighted by Crippen LogP contribution is 2.31. The number of aromatic nitrogens is 3. The highest BCUT2D eigenvalue weighted by atomic mass is 19.1. The molecule has 0 amide bonds. The number of ether oxygens (including phenoxy) is 1. The third-order valence-electron chi connectivity index (χ3n) is 5.10. The van der Waals surface area contributed by atoms with E-state index in [1.807, 2.05) is 18.2 Å². The molecule has 0 bridgehead atoms. The van der Waals surface area contributed by atoms with Gasteiger partial charge in [0, 0.05) is 18.5 Å². The number of H-pyrrole nitrogens is 2. The maximum Gasteiger partial charge on any atom is 0.261 e. The van der Waals surface area contributed by atoms with Gasteiger partial charge in [0.05, 0.1) is 35.6 Å². The Labute approximate surface area is 158 Å². The summed E-state index contributed by atoms with van der Waals surface area (Å²) in [7, 11) is 0. The van der Waals surface area contributed by atoms with Crippen LogP contribution < -0.4 is 16.2 Å². The van der Waals surface area contributed by atoms with E-state index in [-0.39, 0.29) is 16.8 Å². The highest BCUT2D eigenvalue weighted by Gasteiger charge is 2.20. The standard InChI is InChI=1S/C20H18FN5O2/c21-11-4-5-13-12(10-11)17(22)16(20(27)24-13)19-23-14-2-1-3-15(18(14)25-19)26-6-8-28-9-7-26/h1-5,10H,6-9H2,(H,23,25)(H3,22,24,27). The van der Waals surface area contributed by atoms with Crippen LogP contribution in [0.3, 0.4) is 0 Å². The van der Waals surface area contributed by atoms with Crippen molar-refractivity contribution in [2.45, 2.75) is 0 Å². The van der Waals surface area contributed by atoms with E-state index in [1.165, 1.54) is 18.2 Å². The van der Waals surface area contributed by atoms with Gasteiger partial charge in [0.1, 0.15) is 22.7 Å². The molecule has 0 aliphatic carbocycles. The molecule has 7 nitrogen and oxygen atoms in total. The minimum atomic E-state index is -0.420. The summed E-state index contributed by atoms with van der Waals surface area (Å²) in [6.45, 7) is 2.88. The van der Waals surface area contributed by atoms with E-state index in [0.717, 1.165) is 29.8 Å². The molecule has 2 aromatic heterocycles. The molecular formula is C20H18FN5O2. The predicted octanol–water partition coefficient (Wildman–Crippen LogP) is 2.63. The normalized spacial score (nSPS) is 14.8. The third kappa shape index (κ3) is 2.61. The van der Waals surface area contributed by atoms with Crippen molar-refractivity contribution in [2.24, 2.45) is 0 Å². The predicted molar refractivity (Wildman–Crippen MR) is 107 cm³/mol. The Morgan fingerprint density at radius 2 is 1.93 bits per heavy atom. The number of halogens is 1. The zero-order valence-electron chi connectivity index (χ0n) is 15.0. The van der Waals surface area contributed by atoms with Gasteiger partial charge in [0.25, 0.3) is 5.56 Å². The van der Waals surface area contributed by atoms with Gasteiger partial charge >= 0.3 is 0 Å². The number of anilines is 2. The maximum atomic E-state index is 13.7. The summed E-state index contributed by atoms with van der Waals surface area (Å²) in [5.74, 6) is -0.0583. The van der Waals surface area contributed by atoms with Gasteiger partial charge in [-0.3, -0.25) is 4.79 Å². The zero-order valence-corrected chi connectivity index (χ0v) is 15.0. The van der Waals surface area contributed by atoms with E-state index in [0.29, 0.717) is 29.9 Å². The number of fused-ring (bicyclic) bond motifs is 2. The lowest BCUT2D eigenvalue weighted by Gasteiger charge is -2.28. The Morgan fingerprint density at radius 1 is 1.11 bits per heavy atom. The number of nitrogens with one attached hydrogen (secondary N) is 2. The fraction of sp³-hybridized carbons (Fsp3) is 0.200. The van der Waals surface area contributed by atoms with E-state index >= 15 is 0 Å². The average molecular weight is 379 g/mol. The summed E-state index contributed by atoms with van der Waals surface area (Å²) in [4.78, 5) is 25.5. The molecule has 2 aromatic carbocycles. The van der Waals surface area contributed by atoms with E-state index < -0.39 is 5.82 Å². The van der Waals surface area contributed by atoms with Crippen LogP contribution in [0.5, 0.6) is 0 Å². The van der Waals surface area contributed by atoms with Crippen LogP contribution >= 0.6 is 0 Å². The van der Waals surface area contributed by atoms with Gasteiger partial charge in [-0.2, -0.15) is 0 Å². The minimum Gasteiger partial charge on any atom is -0.397 e. The largest absolute Gasteiger partial charge is 0.397 e. The van der Waals surface area contributed by atoms with E-state index in [9.17, 15) is 9.18 Å². The Balaban J connectivity index is 1.71. The van der Waals surface area contributed by atoms with Crippen LogP contribution in [0.25, 0.3) is 33.3 Å². The van der Waals surface area contributed by atoms with Crippen LogP contribution in [0.2, 0.25) is 0 Å². The summed E-state index contributed by atoms with van der Waals surface area (Å²) >= 11 is 0. The number of rotatable bonds is 2. The molecule has 3 heterocycles. The molecule has 142 valence electrons. The number of aromatic amines is 2. The Bertz CT molecular complexity index is 1260. The molecule has 0 atom stereocenters. The fourth-order valence-corrected chi connectivity index (χ4v) is 3.72. The zero-order chi connectivity index (χ0) is 19.3. The molecule has 0 unspecified atom stereocenters. The molecule has 1 aliphatic heterocycles. The van der Waals surface area contributed by atoms with Gasteiger partial charge in [-0.1, -0.05) is 6.07 Å². The molecule has 4 N–H and O–H groups in total. The van der Waals surface area contributed by atoms with Crippen LogP contribution in [-0.4, -0.2) is 41.3 Å². The number of pyridine rings is 1. The Hall–Kier alpha value is -3.39. The summed E-state index contributed by atoms with van der Waals surface area (Å²) < 4.78 is 19.1. The van der Waals surface area contributed by atoms with Crippen LogP contribution in [0.15, 0.2) is 41.2 Å². The smallest absolute Gasteiger partial charge is 0.261 e. The van der Waals surface area contributed by atoms with Crippen LogP contribution in [0, 0.1) is 5.82 Å². The molecule has 1 saturated heterocycles. The van der Waals surface area contributed by atoms with Gasteiger partial charge in [0.2, 0.25) is 0 Å². The number of nitrogen functional groups attached to an aromatic ring is 1. The van der Waals surface area contributed by atoms with Gasteiger partial charge in [-0.25, -0.2) is 9.37 Å². The lowest BCUT2D eigenvalue weighted by molar-refractivity contribution is 0.123. The van der Waals surface area contributed by atoms with Crippen molar-refractivity contribution in [3.63, 3.8) is 0 Å². The molecule has 0 saturated carbocycles. The first-order valence-corrected chi connectivity index (χ1v) is 9.04. The molecule has 0 spiro atoms. The molecule has 8 heteroatoms. The topological polar surface area (TPSA) is 100 Å². The fourth-order valence-electron chi connectivity index (χ4n) is 3.72. The lowest BCUT2D eigenvalue weighted by atomic mass is 10.1. The summed E-state index contributed by atoms with van der Waals surface area (Å²) in [5, 5.41) is 0.448. The van der Waals surface area contributed by atoms with Gasteiger partial charge in [0.15, 0.2) is 0 Å². The first-order valence-electron chi connectivity index (χ1n) is 9.04. The number of para-hydroxylation sites is 1. The van der Waals surface area contributed by atoms with Gasteiger partial charge in [-0.05, 0) is 30.3 Å². The second-order valence-corrected chi connectivity index (χ2v) is 6.79. The van der Waals surface area contributed by atoms with Crippen molar-refractivity contribution >= 4 is 33.3 Å². The molecule has 4 aromatic rings. The number of benzene rings is 2. The Morgan fingerprint density at radius 3 is 2.75 bits per heavy atom. The SMILES string of the molecule is Nc1c(-c2nc3c(N4CCOCC4)cccc3[nH]2)c(=O)[nH]c2ccc(F)cc12. The summed E-state index contributed by atoms with van der Waals surface area (Å²) in [6, 6.07) is 9.95. The van der Waals surface area contributed by atoms with Crippen molar-refractivity contribution in [3.05, 3.63) is 52.6 Å². The highest BCUT2D eigenvalue weighted by molar-refractivity contribution is 5.99. The number of hydrogen-bond acceptors (Lipinski definition) is 5. The number of morpholine rings is 1. The monoisotopic (exact) mass is 379 g/mol.